The van der Waals surface area contributed by atoms with Gasteiger partial charge in [-0.05, 0) is 12.8 Å². The van der Waals surface area contributed by atoms with Crippen LogP contribution in [0.5, 0.6) is 0 Å². The van der Waals surface area contributed by atoms with Crippen LogP contribution in [0.2, 0.25) is 0 Å². The number of ketones is 1. The third-order valence-corrected chi connectivity index (χ3v) is 2.06. The zero-order chi connectivity index (χ0) is 8.85. The van der Waals surface area contributed by atoms with E-state index in [9.17, 15) is 4.79 Å². The molecule has 11 heavy (non-hydrogen) atoms. The molecule has 0 aliphatic heterocycles. The Morgan fingerprint density at radius 2 is 2.00 bits per heavy atom. The van der Waals surface area contributed by atoms with Crippen LogP contribution >= 0.6 is 0 Å². The van der Waals surface area contributed by atoms with E-state index in [2.05, 4.69) is 0 Å². The molecule has 0 amide bonds. The van der Waals surface area contributed by atoms with Gasteiger partial charge in [-0.15, -0.1) is 0 Å². The Balaban J connectivity index is 3.81. The average molecular weight is 157 g/mol. The smallest absolute Gasteiger partial charge is 0.152 e. The molecule has 0 fully saturated rings. The first-order chi connectivity index (χ1) is 5.13. The molecule has 0 aromatic carbocycles. The molecule has 0 aromatic heterocycles. The van der Waals surface area contributed by atoms with Gasteiger partial charge in [0.15, 0.2) is 5.78 Å². The molecule has 2 heteroatoms. The number of hydrogen-bond donors (Lipinski definition) is 1. The predicted octanol–water partition coefficient (Wildman–Crippen LogP) is 1.73. The molecule has 0 spiro atoms. The first-order valence-corrected chi connectivity index (χ1v) is 4.42. The van der Waals surface area contributed by atoms with Crippen molar-refractivity contribution in [3.05, 3.63) is 0 Å². The second-order valence-corrected chi connectivity index (χ2v) is 3.11. The monoisotopic (exact) mass is 157 g/mol. The van der Waals surface area contributed by atoms with E-state index in [1.807, 2.05) is 20.8 Å². The van der Waals surface area contributed by atoms with Gasteiger partial charge in [-0.2, -0.15) is 0 Å². The summed E-state index contributed by atoms with van der Waals surface area (Å²) in [4.78, 5) is 11.3. The zero-order valence-corrected chi connectivity index (χ0v) is 7.76. The van der Waals surface area contributed by atoms with Crippen molar-refractivity contribution in [1.82, 2.24) is 0 Å². The first-order valence-electron chi connectivity index (χ1n) is 4.42. The maximum absolute atomic E-state index is 11.3. The van der Waals surface area contributed by atoms with Crippen molar-refractivity contribution < 1.29 is 4.79 Å². The molecule has 0 aliphatic carbocycles. The molecule has 2 unspecified atom stereocenters. The van der Waals surface area contributed by atoms with Crippen LogP contribution in [0.1, 0.15) is 40.0 Å². The van der Waals surface area contributed by atoms with Gasteiger partial charge in [-0.1, -0.05) is 27.2 Å². The highest BCUT2D eigenvalue weighted by Crippen LogP contribution is 2.07. The fraction of sp³-hybridized carbons (Fsp3) is 0.889. The Hall–Kier alpha value is -0.370. The minimum absolute atomic E-state index is 0.136. The predicted molar refractivity (Wildman–Crippen MR) is 47.3 cm³/mol. The molecular weight excluding hydrogens is 138 g/mol. The van der Waals surface area contributed by atoms with Crippen molar-refractivity contribution in [3.8, 4) is 0 Å². The number of hydrogen-bond acceptors (Lipinski definition) is 2. The van der Waals surface area contributed by atoms with Crippen LogP contribution in [0, 0.1) is 5.92 Å². The third-order valence-electron chi connectivity index (χ3n) is 2.06. The Morgan fingerprint density at radius 3 is 2.36 bits per heavy atom. The molecule has 0 aromatic rings. The summed E-state index contributed by atoms with van der Waals surface area (Å²) in [5.74, 6) is 0.353. The molecule has 0 saturated carbocycles. The topological polar surface area (TPSA) is 43.1 Å². The minimum atomic E-state index is -0.227. The van der Waals surface area contributed by atoms with Gasteiger partial charge in [0.2, 0.25) is 0 Å². The molecule has 0 saturated heterocycles. The molecule has 2 atom stereocenters. The molecular formula is C9H19NO. The highest BCUT2D eigenvalue weighted by atomic mass is 16.1. The van der Waals surface area contributed by atoms with E-state index >= 15 is 0 Å². The average Bonchev–Trinajstić information content (AvgIpc) is 2.02. The summed E-state index contributed by atoms with van der Waals surface area (Å²) >= 11 is 0. The van der Waals surface area contributed by atoms with E-state index in [1.54, 1.807) is 0 Å². The molecule has 2 nitrogen and oxygen atoms in total. The molecule has 0 bridgehead atoms. The lowest BCUT2D eigenvalue weighted by atomic mass is 9.96. The summed E-state index contributed by atoms with van der Waals surface area (Å²) in [5, 5.41) is 0. The van der Waals surface area contributed by atoms with E-state index in [0.717, 1.165) is 19.3 Å². The number of carbonyl (C=O) groups is 1. The van der Waals surface area contributed by atoms with E-state index in [4.69, 9.17) is 5.73 Å². The van der Waals surface area contributed by atoms with Crippen molar-refractivity contribution in [1.29, 1.82) is 0 Å². The summed E-state index contributed by atoms with van der Waals surface area (Å²) < 4.78 is 0. The van der Waals surface area contributed by atoms with Crippen LogP contribution in [0.3, 0.4) is 0 Å². The van der Waals surface area contributed by atoms with Crippen LogP contribution < -0.4 is 5.73 Å². The van der Waals surface area contributed by atoms with Crippen LogP contribution in [0.4, 0.5) is 0 Å². The summed E-state index contributed by atoms with van der Waals surface area (Å²) in [6, 6.07) is -0.227. The van der Waals surface area contributed by atoms with Gasteiger partial charge in [0.05, 0.1) is 6.04 Å². The van der Waals surface area contributed by atoms with Gasteiger partial charge in [-0.25, -0.2) is 0 Å². The Bertz CT molecular complexity index is 123. The Kier molecular flexibility index (Phi) is 5.12. The SMILES string of the molecule is CCCC(N)C(=O)C(C)CC. The van der Waals surface area contributed by atoms with Crippen LogP contribution in [0.15, 0.2) is 0 Å². The molecule has 0 heterocycles. The van der Waals surface area contributed by atoms with E-state index < -0.39 is 0 Å². The maximum Gasteiger partial charge on any atom is 0.152 e. The molecule has 0 rings (SSSR count). The van der Waals surface area contributed by atoms with E-state index in [-0.39, 0.29) is 17.7 Å². The summed E-state index contributed by atoms with van der Waals surface area (Å²) in [6.45, 7) is 6.00. The summed E-state index contributed by atoms with van der Waals surface area (Å²) in [7, 11) is 0. The van der Waals surface area contributed by atoms with Gasteiger partial charge < -0.3 is 5.73 Å². The van der Waals surface area contributed by atoms with Crippen molar-refractivity contribution in [2.45, 2.75) is 46.1 Å². The maximum atomic E-state index is 11.3. The van der Waals surface area contributed by atoms with Gasteiger partial charge in [0, 0.05) is 5.92 Å². The van der Waals surface area contributed by atoms with Crippen molar-refractivity contribution in [3.63, 3.8) is 0 Å². The van der Waals surface area contributed by atoms with Crippen LogP contribution in [-0.4, -0.2) is 11.8 Å². The Morgan fingerprint density at radius 1 is 1.45 bits per heavy atom. The van der Waals surface area contributed by atoms with Gasteiger partial charge >= 0.3 is 0 Å². The lowest BCUT2D eigenvalue weighted by Gasteiger charge is -2.13. The lowest BCUT2D eigenvalue weighted by molar-refractivity contribution is -0.123. The highest BCUT2D eigenvalue weighted by molar-refractivity contribution is 5.85. The number of nitrogens with two attached hydrogens (primary N) is 1. The van der Waals surface area contributed by atoms with Gasteiger partial charge in [0.25, 0.3) is 0 Å². The lowest BCUT2D eigenvalue weighted by Crippen LogP contribution is -2.34. The zero-order valence-electron chi connectivity index (χ0n) is 7.76. The van der Waals surface area contributed by atoms with Gasteiger partial charge in [-0.3, -0.25) is 4.79 Å². The van der Waals surface area contributed by atoms with Crippen molar-refractivity contribution >= 4 is 5.78 Å². The largest absolute Gasteiger partial charge is 0.321 e. The third kappa shape index (κ3) is 3.51. The van der Waals surface area contributed by atoms with Gasteiger partial charge in [0.1, 0.15) is 0 Å². The minimum Gasteiger partial charge on any atom is -0.321 e. The van der Waals surface area contributed by atoms with Crippen LogP contribution in [-0.2, 0) is 4.79 Å². The normalized spacial score (nSPS) is 16.0. The second kappa shape index (κ2) is 5.30. The molecule has 2 N–H and O–H groups in total. The fourth-order valence-electron chi connectivity index (χ4n) is 1.02. The van der Waals surface area contributed by atoms with Crippen LogP contribution in [0.25, 0.3) is 0 Å². The number of carbonyl (C=O) groups excluding carboxylic acids is 1. The van der Waals surface area contributed by atoms with Crippen molar-refractivity contribution in [2.75, 3.05) is 0 Å². The second-order valence-electron chi connectivity index (χ2n) is 3.11. The quantitative estimate of drug-likeness (QED) is 0.660. The number of rotatable bonds is 5. The first kappa shape index (κ1) is 10.6. The van der Waals surface area contributed by atoms with E-state index in [0.29, 0.717) is 0 Å². The highest BCUT2D eigenvalue weighted by Gasteiger charge is 2.17. The number of Topliss-reactive ketones (excluding diaryl/α,β-unsaturated/α-hetero) is 1. The molecule has 0 radical (unpaired) electrons. The van der Waals surface area contributed by atoms with E-state index in [1.165, 1.54) is 0 Å². The molecule has 0 aliphatic rings. The fourth-order valence-corrected chi connectivity index (χ4v) is 1.02. The summed E-state index contributed by atoms with van der Waals surface area (Å²) in [5.41, 5.74) is 5.65. The standard InChI is InChI=1S/C9H19NO/c1-4-6-8(10)9(11)7(3)5-2/h7-8H,4-6,10H2,1-3H3. The summed E-state index contributed by atoms with van der Waals surface area (Å²) in [6.07, 6.45) is 2.71. The molecule has 66 valence electrons. The Labute approximate surface area is 69.2 Å². The van der Waals surface area contributed by atoms with Crippen molar-refractivity contribution in [2.24, 2.45) is 11.7 Å².